The van der Waals surface area contributed by atoms with E-state index in [4.69, 9.17) is 23.7 Å². The maximum atomic E-state index is 13.4. The van der Waals surface area contributed by atoms with Crippen molar-refractivity contribution in [1.29, 1.82) is 5.26 Å². The normalized spacial score (nSPS) is 23.4. The van der Waals surface area contributed by atoms with Crippen molar-refractivity contribution >= 4 is 5.97 Å². The predicted octanol–water partition coefficient (Wildman–Crippen LogP) is 6.64. The van der Waals surface area contributed by atoms with Gasteiger partial charge in [0.15, 0.2) is 23.0 Å². The van der Waals surface area contributed by atoms with Gasteiger partial charge in [0, 0.05) is 12.1 Å². The van der Waals surface area contributed by atoms with E-state index < -0.39 is 29.8 Å². The first-order valence-corrected chi connectivity index (χ1v) is 16.7. The third-order valence-corrected chi connectivity index (χ3v) is 10.6. The third kappa shape index (κ3) is 6.22. The maximum Gasteiger partial charge on any atom is 0.416 e. The Morgan fingerprint density at radius 1 is 0.880 bits per heavy atom. The van der Waals surface area contributed by atoms with Gasteiger partial charge in [0.05, 0.1) is 58.6 Å². The first-order valence-electron chi connectivity index (χ1n) is 16.7. The van der Waals surface area contributed by atoms with Crippen LogP contribution in [-0.2, 0) is 28.5 Å². The number of hydrogen-bond donors (Lipinski definition) is 0. The van der Waals surface area contributed by atoms with Crippen molar-refractivity contribution in [3.8, 4) is 29.1 Å². The monoisotopic (exact) mass is 693 g/mol. The van der Waals surface area contributed by atoms with E-state index in [1.54, 1.807) is 35.4 Å². The number of nitriles is 1. The summed E-state index contributed by atoms with van der Waals surface area (Å²) in [7, 11) is 6.38. The molecule has 3 heterocycles. The van der Waals surface area contributed by atoms with Gasteiger partial charge in [-0.3, -0.25) is 14.6 Å². The Balaban J connectivity index is 1.36. The molecule has 1 unspecified atom stereocenters. The minimum atomic E-state index is -4.44. The number of halogens is 3. The molecule has 1 fully saturated rings. The van der Waals surface area contributed by atoms with Gasteiger partial charge in [-0.2, -0.15) is 18.4 Å². The number of carbonyl (C=O) groups is 1. The Kier molecular flexibility index (Phi) is 9.93. The maximum absolute atomic E-state index is 13.4. The molecule has 6 rings (SSSR count). The molecule has 9 nitrogen and oxygen atoms in total. The van der Waals surface area contributed by atoms with Crippen LogP contribution in [0.25, 0.3) is 0 Å². The highest BCUT2D eigenvalue weighted by Crippen LogP contribution is 2.52. The largest absolute Gasteiger partial charge is 0.493 e. The Labute approximate surface area is 290 Å². The Morgan fingerprint density at radius 3 is 1.96 bits per heavy atom. The second-order valence-corrected chi connectivity index (χ2v) is 13.1. The van der Waals surface area contributed by atoms with Crippen LogP contribution in [0, 0.1) is 11.3 Å². The molecule has 3 aliphatic heterocycles. The van der Waals surface area contributed by atoms with Crippen LogP contribution < -0.4 is 18.9 Å². The van der Waals surface area contributed by atoms with Crippen LogP contribution in [0.5, 0.6) is 23.0 Å². The van der Waals surface area contributed by atoms with E-state index in [1.165, 1.54) is 12.1 Å². The average Bonchev–Trinajstić information content (AvgIpc) is 3.11. The van der Waals surface area contributed by atoms with E-state index in [2.05, 4.69) is 22.8 Å². The van der Waals surface area contributed by atoms with Crippen LogP contribution in [0.3, 0.4) is 0 Å². The molecule has 3 aromatic carbocycles. The second kappa shape index (κ2) is 14.0. The van der Waals surface area contributed by atoms with Gasteiger partial charge in [0.2, 0.25) is 0 Å². The number of piperazine rings is 1. The van der Waals surface area contributed by atoms with E-state index >= 15 is 0 Å². The molecule has 0 saturated carbocycles. The van der Waals surface area contributed by atoms with Crippen molar-refractivity contribution in [2.24, 2.45) is 0 Å². The van der Waals surface area contributed by atoms with Crippen molar-refractivity contribution in [3.63, 3.8) is 0 Å². The van der Waals surface area contributed by atoms with Gasteiger partial charge in [0.1, 0.15) is 12.6 Å². The number of carbonyl (C=O) groups excluding carboxylic acids is 1. The summed E-state index contributed by atoms with van der Waals surface area (Å²) in [5.74, 6) is 1.52. The molecule has 3 aromatic rings. The lowest BCUT2D eigenvalue weighted by Crippen LogP contribution is -2.69. The number of likely N-dealkylation sites (N-methyl/N-ethyl adjacent to an activating group) is 1. The fourth-order valence-corrected chi connectivity index (χ4v) is 8.22. The molecule has 1 saturated heterocycles. The number of benzene rings is 3. The zero-order chi connectivity index (χ0) is 35.9. The summed E-state index contributed by atoms with van der Waals surface area (Å²) in [6, 6.07) is 14.0. The van der Waals surface area contributed by atoms with Gasteiger partial charge >= 0.3 is 12.1 Å². The van der Waals surface area contributed by atoms with Crippen LogP contribution >= 0.6 is 0 Å². The summed E-state index contributed by atoms with van der Waals surface area (Å²) in [5.41, 5.74) is 3.97. The molecule has 3 aliphatic rings. The van der Waals surface area contributed by atoms with Crippen LogP contribution in [0.15, 0.2) is 48.5 Å². The molecule has 0 N–H and O–H groups in total. The third-order valence-electron chi connectivity index (χ3n) is 10.6. The van der Waals surface area contributed by atoms with Gasteiger partial charge in [0.25, 0.3) is 0 Å². The lowest BCUT2D eigenvalue weighted by atomic mass is 9.72. The number of esters is 1. The molecule has 0 aromatic heterocycles. The number of hydrogen-bond acceptors (Lipinski definition) is 9. The van der Waals surface area contributed by atoms with E-state index in [9.17, 15) is 23.2 Å². The highest BCUT2D eigenvalue weighted by Gasteiger charge is 2.55. The fourth-order valence-electron chi connectivity index (χ4n) is 8.22. The van der Waals surface area contributed by atoms with Gasteiger partial charge in [-0.1, -0.05) is 26.0 Å². The van der Waals surface area contributed by atoms with Crippen molar-refractivity contribution in [1.82, 2.24) is 9.80 Å². The van der Waals surface area contributed by atoms with E-state index in [-0.39, 0.29) is 37.1 Å². The quantitative estimate of drug-likeness (QED) is 0.217. The lowest BCUT2D eigenvalue weighted by molar-refractivity contribution is -0.149. The molecule has 50 heavy (non-hydrogen) atoms. The van der Waals surface area contributed by atoms with Gasteiger partial charge in [-0.05, 0) is 89.5 Å². The summed E-state index contributed by atoms with van der Waals surface area (Å²) in [6.45, 7) is 4.59. The fraction of sp³-hybridized carbons (Fsp3) is 0.474. The molecule has 0 radical (unpaired) electrons. The van der Waals surface area contributed by atoms with Gasteiger partial charge < -0.3 is 23.7 Å². The lowest BCUT2D eigenvalue weighted by Gasteiger charge is -2.60. The number of methoxy groups -OCH3 is 4. The highest BCUT2D eigenvalue weighted by atomic mass is 19.4. The molecule has 0 amide bonds. The van der Waals surface area contributed by atoms with Crippen LogP contribution in [0.2, 0.25) is 0 Å². The number of alkyl halides is 3. The van der Waals surface area contributed by atoms with Crippen LogP contribution in [0.1, 0.15) is 71.7 Å². The minimum Gasteiger partial charge on any atom is -0.493 e. The topological polar surface area (TPSA) is 93.5 Å². The van der Waals surface area contributed by atoms with E-state index in [0.717, 1.165) is 40.9 Å². The standard InChI is InChI=1S/C38H42F3N3O6/c1-7-43-28-13-24-16-33(47-4)35(49-6)18-27(24)37(43)29-14-23-15-32(46-3)34(48-5)17-26(23)31(44(29)30(28)19-42)20-50-36(45)12-21(2)22-8-10-25(11-9-22)38(39,40)41/h8-11,15-18,21,28-31,37H,7,12-14,20H2,1-6H3/t21?,28-,29-,30-,31-,37+/m0/s1. The molecule has 0 aliphatic carbocycles. The zero-order valence-corrected chi connectivity index (χ0v) is 29.0. The van der Waals surface area contributed by atoms with Crippen molar-refractivity contribution in [2.45, 2.75) is 75.4 Å². The Hall–Kier alpha value is -4.47. The first-order chi connectivity index (χ1) is 24.0. The van der Waals surface area contributed by atoms with Gasteiger partial charge in [-0.15, -0.1) is 0 Å². The molecule has 0 spiro atoms. The average molecular weight is 694 g/mol. The molecular formula is C38H42F3N3O6. The van der Waals surface area contributed by atoms with Crippen LogP contribution in [-0.4, -0.2) is 75.5 Å². The Morgan fingerprint density at radius 2 is 1.42 bits per heavy atom. The Bertz CT molecular complexity index is 1780. The molecule has 6 atom stereocenters. The second-order valence-electron chi connectivity index (χ2n) is 13.1. The highest BCUT2D eigenvalue weighted by molar-refractivity contribution is 5.70. The zero-order valence-electron chi connectivity index (χ0n) is 29.0. The summed E-state index contributed by atoms with van der Waals surface area (Å²) in [6.07, 6.45) is -3.24. The van der Waals surface area contributed by atoms with E-state index in [0.29, 0.717) is 41.4 Å². The molecule has 12 heteroatoms. The molecule has 266 valence electrons. The van der Waals surface area contributed by atoms with E-state index in [1.807, 2.05) is 24.3 Å². The number of fused-ring (bicyclic) bond motifs is 7. The number of ether oxygens (including phenoxy) is 5. The van der Waals surface area contributed by atoms with Crippen molar-refractivity contribution < 1.29 is 41.7 Å². The van der Waals surface area contributed by atoms with Crippen molar-refractivity contribution in [2.75, 3.05) is 41.6 Å². The molecule has 2 bridgehead atoms. The van der Waals surface area contributed by atoms with Gasteiger partial charge in [-0.25, -0.2) is 0 Å². The minimum absolute atomic E-state index is 0.0220. The first kappa shape index (κ1) is 35.4. The summed E-state index contributed by atoms with van der Waals surface area (Å²) in [4.78, 5) is 18.0. The number of nitrogens with zero attached hydrogens (tertiary/aromatic N) is 3. The number of rotatable bonds is 10. The summed E-state index contributed by atoms with van der Waals surface area (Å²) in [5, 5.41) is 10.8. The van der Waals surface area contributed by atoms with Crippen molar-refractivity contribution in [3.05, 3.63) is 81.9 Å². The van der Waals surface area contributed by atoms with Crippen LogP contribution in [0.4, 0.5) is 13.2 Å². The smallest absolute Gasteiger partial charge is 0.416 e. The summed E-state index contributed by atoms with van der Waals surface area (Å²) < 4.78 is 68.0. The SMILES string of the molecule is CCN1[C@@H]2c3cc(OC)c(OC)cc3C[C@H]1[C@H](C#N)N1[C@@H](COC(=O)CC(C)c3ccc(C(F)(F)F)cc3)c3cc(OC)c(OC)cc3C[C@@H]21. The predicted molar refractivity (Wildman–Crippen MR) is 179 cm³/mol. The molecular weight excluding hydrogens is 651 g/mol. The summed E-state index contributed by atoms with van der Waals surface area (Å²) >= 11 is 0.